The van der Waals surface area contributed by atoms with Gasteiger partial charge in [-0.25, -0.2) is 0 Å². The molecule has 0 amide bonds. The van der Waals surface area contributed by atoms with Gasteiger partial charge in [0.1, 0.15) is 0 Å². The van der Waals surface area contributed by atoms with Gasteiger partial charge < -0.3 is 15.5 Å². The first-order valence-electron chi connectivity index (χ1n) is 4.66. The second kappa shape index (κ2) is 3.74. The number of benzene rings is 1. The van der Waals surface area contributed by atoms with E-state index in [-0.39, 0.29) is 12.3 Å². The van der Waals surface area contributed by atoms with Crippen molar-refractivity contribution in [3.05, 3.63) is 29.8 Å². The zero-order valence-corrected chi connectivity index (χ0v) is 8.41. The third-order valence-electron chi connectivity index (χ3n) is 2.34. The quantitative estimate of drug-likeness (QED) is 0.741. The number of ketones is 1. The highest BCUT2D eigenvalue weighted by Gasteiger charge is 2.17. The second-order valence-electron chi connectivity index (χ2n) is 3.21. The number of H-pyrrole nitrogens is 1. The number of carbonyl (C=O) groups excluding carboxylic acids is 1. The first-order valence-corrected chi connectivity index (χ1v) is 4.66. The molecule has 0 unspecified atom stereocenters. The average Bonchev–Trinajstić information content (AvgIpc) is 2.66. The maximum absolute atomic E-state index is 11.6. The van der Waals surface area contributed by atoms with E-state index in [9.17, 15) is 4.79 Å². The molecule has 0 radical (unpaired) electrons. The van der Waals surface area contributed by atoms with Crippen molar-refractivity contribution in [2.75, 3.05) is 13.7 Å². The molecule has 0 aliphatic rings. The normalized spacial score (nSPS) is 10.5. The summed E-state index contributed by atoms with van der Waals surface area (Å²) in [6.45, 7) is -0.0157. The van der Waals surface area contributed by atoms with E-state index in [0.717, 1.165) is 10.9 Å². The smallest absolute Gasteiger partial charge is 0.202 e. The first-order chi connectivity index (χ1) is 7.27. The van der Waals surface area contributed by atoms with E-state index in [2.05, 4.69) is 4.98 Å². The summed E-state index contributed by atoms with van der Waals surface area (Å²) in [6, 6.07) is 7.54. The Bertz CT molecular complexity index is 502. The number of hydrogen-bond acceptors (Lipinski definition) is 3. The summed E-state index contributed by atoms with van der Waals surface area (Å²) in [7, 11) is 1.53. The molecular weight excluding hydrogens is 192 g/mol. The Kier molecular flexibility index (Phi) is 2.43. The van der Waals surface area contributed by atoms with E-state index in [0.29, 0.717) is 11.4 Å². The topological polar surface area (TPSA) is 68.1 Å². The van der Waals surface area contributed by atoms with Gasteiger partial charge in [-0.3, -0.25) is 4.79 Å². The summed E-state index contributed by atoms with van der Waals surface area (Å²) in [5.41, 5.74) is 6.78. The van der Waals surface area contributed by atoms with E-state index in [1.54, 1.807) is 0 Å². The van der Waals surface area contributed by atoms with E-state index < -0.39 is 0 Å². The third-order valence-corrected chi connectivity index (χ3v) is 2.34. The molecule has 15 heavy (non-hydrogen) atoms. The van der Waals surface area contributed by atoms with Crippen molar-refractivity contribution in [3.8, 4) is 5.88 Å². The highest BCUT2D eigenvalue weighted by atomic mass is 16.5. The summed E-state index contributed by atoms with van der Waals surface area (Å²) in [5.74, 6) is 0.357. The minimum atomic E-state index is -0.121. The fourth-order valence-electron chi connectivity index (χ4n) is 1.65. The van der Waals surface area contributed by atoms with Crippen LogP contribution < -0.4 is 10.5 Å². The van der Waals surface area contributed by atoms with Crippen molar-refractivity contribution >= 4 is 16.7 Å². The van der Waals surface area contributed by atoms with Gasteiger partial charge in [-0.05, 0) is 6.07 Å². The standard InChI is InChI=1S/C11H12N2O2/c1-15-11-10(9(14)6-12)7-4-2-3-5-8(7)13-11/h2-5,13H,6,12H2,1H3. The minimum Gasteiger partial charge on any atom is -0.482 e. The largest absolute Gasteiger partial charge is 0.482 e. The number of rotatable bonds is 3. The van der Waals surface area contributed by atoms with Crippen LogP contribution in [0.25, 0.3) is 10.9 Å². The lowest BCUT2D eigenvalue weighted by molar-refractivity contribution is 0.1000. The van der Waals surface area contributed by atoms with Crippen molar-refractivity contribution in [1.29, 1.82) is 0 Å². The molecular formula is C11H12N2O2. The van der Waals surface area contributed by atoms with Crippen LogP contribution in [0.4, 0.5) is 0 Å². The Balaban J connectivity index is 2.72. The first kappa shape index (κ1) is 9.73. The summed E-state index contributed by atoms with van der Waals surface area (Å²) in [5, 5.41) is 0.852. The number of nitrogens with one attached hydrogen (secondary N) is 1. The third kappa shape index (κ3) is 1.49. The van der Waals surface area contributed by atoms with Gasteiger partial charge in [-0.15, -0.1) is 0 Å². The number of aromatic nitrogens is 1. The number of methoxy groups -OCH3 is 1. The number of nitrogens with two attached hydrogens (primary N) is 1. The average molecular weight is 204 g/mol. The van der Waals surface area contributed by atoms with Crippen molar-refractivity contribution in [1.82, 2.24) is 4.98 Å². The fraction of sp³-hybridized carbons (Fsp3) is 0.182. The van der Waals surface area contributed by atoms with Crippen LogP contribution in [0.1, 0.15) is 10.4 Å². The molecule has 78 valence electrons. The number of carbonyl (C=O) groups is 1. The summed E-state index contributed by atoms with van der Waals surface area (Å²) in [4.78, 5) is 14.7. The fourth-order valence-corrected chi connectivity index (χ4v) is 1.65. The molecule has 3 N–H and O–H groups in total. The number of aromatic amines is 1. The van der Waals surface area contributed by atoms with Crippen molar-refractivity contribution in [2.45, 2.75) is 0 Å². The lowest BCUT2D eigenvalue weighted by Crippen LogP contribution is -2.14. The van der Waals surface area contributed by atoms with Crippen LogP contribution in [0.15, 0.2) is 24.3 Å². The van der Waals surface area contributed by atoms with Crippen LogP contribution in [-0.4, -0.2) is 24.4 Å². The molecule has 0 aliphatic carbocycles. The van der Waals surface area contributed by atoms with Crippen molar-refractivity contribution < 1.29 is 9.53 Å². The molecule has 2 aromatic rings. The molecule has 0 bridgehead atoms. The van der Waals surface area contributed by atoms with Crippen molar-refractivity contribution in [2.24, 2.45) is 5.73 Å². The molecule has 1 aromatic heterocycles. The predicted octanol–water partition coefficient (Wildman–Crippen LogP) is 1.32. The van der Waals surface area contributed by atoms with E-state index in [1.165, 1.54) is 7.11 Å². The Labute approximate surface area is 87.0 Å². The van der Waals surface area contributed by atoms with Gasteiger partial charge in [0, 0.05) is 10.9 Å². The van der Waals surface area contributed by atoms with Gasteiger partial charge in [0.2, 0.25) is 5.88 Å². The van der Waals surface area contributed by atoms with Crippen LogP contribution in [-0.2, 0) is 0 Å². The zero-order valence-electron chi connectivity index (χ0n) is 8.41. The molecule has 4 heteroatoms. The molecule has 0 aliphatic heterocycles. The maximum atomic E-state index is 11.6. The summed E-state index contributed by atoms with van der Waals surface area (Å²) >= 11 is 0. The van der Waals surface area contributed by atoms with Crippen LogP contribution in [0.2, 0.25) is 0 Å². The van der Waals surface area contributed by atoms with Crippen LogP contribution >= 0.6 is 0 Å². The van der Waals surface area contributed by atoms with E-state index in [1.807, 2.05) is 24.3 Å². The van der Waals surface area contributed by atoms with Gasteiger partial charge in [0.05, 0.1) is 19.2 Å². The lowest BCUT2D eigenvalue weighted by Gasteiger charge is -1.99. The predicted molar refractivity (Wildman–Crippen MR) is 58.2 cm³/mol. The van der Waals surface area contributed by atoms with Gasteiger partial charge in [-0.2, -0.15) is 0 Å². The lowest BCUT2D eigenvalue weighted by atomic mass is 10.1. The van der Waals surface area contributed by atoms with Crippen LogP contribution in [0.3, 0.4) is 0 Å². The number of para-hydroxylation sites is 1. The Morgan fingerprint density at radius 3 is 2.87 bits per heavy atom. The molecule has 0 saturated heterocycles. The van der Waals surface area contributed by atoms with Crippen LogP contribution in [0.5, 0.6) is 5.88 Å². The van der Waals surface area contributed by atoms with Crippen molar-refractivity contribution in [3.63, 3.8) is 0 Å². The minimum absolute atomic E-state index is 0.0157. The Morgan fingerprint density at radius 1 is 1.47 bits per heavy atom. The molecule has 0 spiro atoms. The molecule has 4 nitrogen and oxygen atoms in total. The summed E-state index contributed by atoms with van der Waals surface area (Å²) in [6.07, 6.45) is 0. The number of hydrogen-bond donors (Lipinski definition) is 2. The highest BCUT2D eigenvalue weighted by Crippen LogP contribution is 2.27. The zero-order chi connectivity index (χ0) is 10.8. The van der Waals surface area contributed by atoms with Gasteiger partial charge in [0.15, 0.2) is 5.78 Å². The van der Waals surface area contributed by atoms with Gasteiger partial charge in [0.25, 0.3) is 0 Å². The Morgan fingerprint density at radius 2 is 2.20 bits per heavy atom. The molecule has 1 aromatic carbocycles. The molecule has 0 saturated carbocycles. The summed E-state index contributed by atoms with van der Waals surface area (Å²) < 4.78 is 5.12. The highest BCUT2D eigenvalue weighted by molar-refractivity contribution is 6.11. The maximum Gasteiger partial charge on any atom is 0.202 e. The number of Topliss-reactive ketones (excluding diaryl/α,β-unsaturated/α-hetero) is 1. The van der Waals surface area contributed by atoms with E-state index >= 15 is 0 Å². The SMILES string of the molecule is COc1[nH]c2ccccc2c1C(=O)CN. The number of fused-ring (bicyclic) bond motifs is 1. The molecule has 1 heterocycles. The van der Waals surface area contributed by atoms with Crippen LogP contribution in [0, 0.1) is 0 Å². The van der Waals surface area contributed by atoms with Gasteiger partial charge in [-0.1, -0.05) is 18.2 Å². The molecule has 0 fully saturated rings. The second-order valence-corrected chi connectivity index (χ2v) is 3.21. The van der Waals surface area contributed by atoms with E-state index in [4.69, 9.17) is 10.5 Å². The monoisotopic (exact) mass is 204 g/mol. The molecule has 2 rings (SSSR count). The molecule has 0 atom stereocenters. The van der Waals surface area contributed by atoms with Gasteiger partial charge >= 0.3 is 0 Å². The number of ether oxygens (including phenoxy) is 1. The Hall–Kier alpha value is -1.81.